The van der Waals surface area contributed by atoms with E-state index < -0.39 is 12.0 Å². The molecule has 0 heterocycles. The van der Waals surface area contributed by atoms with Gasteiger partial charge in [-0.1, -0.05) is 12.1 Å². The fraction of sp³-hybridized carbons (Fsp3) is 0.500. The van der Waals surface area contributed by atoms with Crippen LogP contribution in [0.25, 0.3) is 0 Å². The van der Waals surface area contributed by atoms with Crippen LogP contribution >= 0.6 is 0 Å². The van der Waals surface area contributed by atoms with E-state index in [2.05, 4.69) is 0 Å². The highest BCUT2D eigenvalue weighted by Gasteiger charge is 2.11. The molecular weight excluding hydrogens is 262 g/mol. The number of carboxylic acid groups (broad SMARTS) is 1. The van der Waals surface area contributed by atoms with Crippen molar-refractivity contribution < 1.29 is 24.1 Å². The summed E-state index contributed by atoms with van der Waals surface area (Å²) in [6.07, 6.45) is 0.299. The molecule has 0 radical (unpaired) electrons. The SMILES string of the molecule is CCOCOCCOc1ccc(CC(N)C(=O)O)cc1. The van der Waals surface area contributed by atoms with Crippen LogP contribution in [0.1, 0.15) is 12.5 Å². The molecule has 0 aliphatic rings. The van der Waals surface area contributed by atoms with Gasteiger partial charge in [-0.05, 0) is 31.0 Å². The summed E-state index contributed by atoms with van der Waals surface area (Å²) in [4.78, 5) is 10.6. The minimum atomic E-state index is -1.00. The highest BCUT2D eigenvalue weighted by Crippen LogP contribution is 2.13. The molecule has 0 saturated heterocycles. The molecule has 0 aliphatic heterocycles. The van der Waals surface area contributed by atoms with Crippen LogP contribution in [-0.2, 0) is 20.7 Å². The van der Waals surface area contributed by atoms with Crippen molar-refractivity contribution >= 4 is 5.97 Å². The maximum atomic E-state index is 10.6. The number of benzene rings is 1. The molecule has 1 unspecified atom stereocenters. The van der Waals surface area contributed by atoms with Crippen LogP contribution in [0.5, 0.6) is 5.75 Å². The van der Waals surface area contributed by atoms with Gasteiger partial charge in [-0.3, -0.25) is 4.79 Å². The smallest absolute Gasteiger partial charge is 0.320 e. The van der Waals surface area contributed by atoms with Crippen LogP contribution < -0.4 is 10.5 Å². The molecule has 20 heavy (non-hydrogen) atoms. The summed E-state index contributed by atoms with van der Waals surface area (Å²) in [7, 11) is 0. The molecule has 1 aromatic rings. The summed E-state index contributed by atoms with van der Waals surface area (Å²) in [5.41, 5.74) is 6.33. The van der Waals surface area contributed by atoms with E-state index in [0.29, 0.717) is 32.0 Å². The number of hydrogen-bond acceptors (Lipinski definition) is 5. The van der Waals surface area contributed by atoms with Gasteiger partial charge in [-0.15, -0.1) is 0 Å². The normalized spacial score (nSPS) is 12.1. The second kappa shape index (κ2) is 9.30. The van der Waals surface area contributed by atoms with Crippen LogP contribution in [0.4, 0.5) is 0 Å². The lowest BCUT2D eigenvalue weighted by atomic mass is 10.1. The molecule has 3 N–H and O–H groups in total. The summed E-state index contributed by atoms with van der Waals surface area (Å²) in [5.74, 6) is -0.297. The average Bonchev–Trinajstić information content (AvgIpc) is 2.44. The van der Waals surface area contributed by atoms with Gasteiger partial charge >= 0.3 is 5.97 Å². The van der Waals surface area contributed by atoms with Crippen molar-refractivity contribution in [2.24, 2.45) is 5.73 Å². The zero-order valence-corrected chi connectivity index (χ0v) is 11.6. The Kier molecular flexibility index (Phi) is 7.64. The second-order valence-electron chi connectivity index (χ2n) is 4.16. The minimum absolute atomic E-state index is 0.270. The summed E-state index contributed by atoms with van der Waals surface area (Å²) in [6.45, 7) is 3.68. The largest absolute Gasteiger partial charge is 0.491 e. The molecule has 0 aliphatic carbocycles. The first-order chi connectivity index (χ1) is 9.63. The number of hydrogen-bond donors (Lipinski definition) is 2. The Labute approximate surface area is 118 Å². The van der Waals surface area contributed by atoms with Gasteiger partial charge in [-0.2, -0.15) is 0 Å². The third-order valence-electron chi connectivity index (χ3n) is 2.56. The summed E-state index contributed by atoms with van der Waals surface area (Å²) in [6, 6.07) is 6.30. The fourth-order valence-corrected chi connectivity index (χ4v) is 1.48. The Morgan fingerprint density at radius 2 is 1.95 bits per heavy atom. The number of rotatable bonds is 10. The zero-order chi connectivity index (χ0) is 14.8. The van der Waals surface area contributed by atoms with Crippen molar-refractivity contribution in [3.63, 3.8) is 0 Å². The van der Waals surface area contributed by atoms with E-state index >= 15 is 0 Å². The van der Waals surface area contributed by atoms with E-state index in [9.17, 15) is 4.79 Å². The summed E-state index contributed by atoms with van der Waals surface area (Å²) in [5, 5.41) is 8.73. The van der Waals surface area contributed by atoms with Gasteiger partial charge in [0, 0.05) is 6.61 Å². The third-order valence-corrected chi connectivity index (χ3v) is 2.56. The average molecular weight is 283 g/mol. The fourth-order valence-electron chi connectivity index (χ4n) is 1.48. The van der Waals surface area contributed by atoms with Crippen molar-refractivity contribution in [2.75, 3.05) is 26.6 Å². The number of nitrogens with two attached hydrogens (primary N) is 1. The van der Waals surface area contributed by atoms with Crippen LogP contribution in [-0.4, -0.2) is 43.7 Å². The molecule has 0 bridgehead atoms. The van der Waals surface area contributed by atoms with Crippen molar-refractivity contribution in [1.29, 1.82) is 0 Å². The predicted molar refractivity (Wildman–Crippen MR) is 73.7 cm³/mol. The van der Waals surface area contributed by atoms with E-state index in [4.69, 9.17) is 25.1 Å². The lowest BCUT2D eigenvalue weighted by Crippen LogP contribution is -2.32. The second-order valence-corrected chi connectivity index (χ2v) is 4.16. The van der Waals surface area contributed by atoms with Crippen molar-refractivity contribution in [1.82, 2.24) is 0 Å². The highest BCUT2D eigenvalue weighted by atomic mass is 16.7. The first-order valence-electron chi connectivity index (χ1n) is 6.49. The van der Waals surface area contributed by atoms with E-state index in [1.165, 1.54) is 0 Å². The monoisotopic (exact) mass is 283 g/mol. The topological polar surface area (TPSA) is 91.0 Å². The van der Waals surface area contributed by atoms with Gasteiger partial charge in [0.15, 0.2) is 0 Å². The Balaban J connectivity index is 2.26. The van der Waals surface area contributed by atoms with E-state index in [1.54, 1.807) is 24.3 Å². The van der Waals surface area contributed by atoms with Gasteiger partial charge in [-0.25, -0.2) is 0 Å². The number of carbonyl (C=O) groups is 1. The van der Waals surface area contributed by atoms with Crippen LogP contribution in [0.2, 0.25) is 0 Å². The number of aliphatic carboxylic acids is 1. The lowest BCUT2D eigenvalue weighted by molar-refractivity contribution is -0.138. The zero-order valence-electron chi connectivity index (χ0n) is 11.6. The predicted octanol–water partition coefficient (Wildman–Crippen LogP) is 1.03. The molecule has 1 aromatic carbocycles. The molecule has 0 saturated carbocycles. The molecule has 0 fully saturated rings. The highest BCUT2D eigenvalue weighted by molar-refractivity contribution is 5.73. The van der Waals surface area contributed by atoms with Gasteiger partial charge in [0.25, 0.3) is 0 Å². The van der Waals surface area contributed by atoms with E-state index in [-0.39, 0.29) is 6.79 Å². The number of carboxylic acids is 1. The van der Waals surface area contributed by atoms with Crippen LogP contribution in [0.3, 0.4) is 0 Å². The van der Waals surface area contributed by atoms with Crippen LogP contribution in [0, 0.1) is 0 Å². The minimum Gasteiger partial charge on any atom is -0.491 e. The quantitative estimate of drug-likeness (QED) is 0.492. The molecule has 112 valence electrons. The van der Waals surface area contributed by atoms with Gasteiger partial charge in [0.1, 0.15) is 25.2 Å². The standard InChI is InChI=1S/C14H21NO5/c1-2-18-10-19-7-8-20-12-5-3-11(4-6-12)9-13(15)14(16)17/h3-6,13H,2,7-10,15H2,1H3,(H,16,17). The first kappa shape index (κ1) is 16.4. The van der Waals surface area contributed by atoms with Gasteiger partial charge < -0.3 is 25.1 Å². The molecule has 0 spiro atoms. The summed E-state index contributed by atoms with van der Waals surface area (Å²) >= 11 is 0. The van der Waals surface area contributed by atoms with Crippen LogP contribution in [0.15, 0.2) is 24.3 Å². The third kappa shape index (κ3) is 6.51. The molecule has 0 aromatic heterocycles. The maximum absolute atomic E-state index is 10.6. The Morgan fingerprint density at radius 1 is 1.25 bits per heavy atom. The van der Waals surface area contributed by atoms with Gasteiger partial charge in [0.05, 0.1) is 6.61 Å². The molecule has 1 atom stereocenters. The molecule has 6 heteroatoms. The lowest BCUT2D eigenvalue weighted by Gasteiger charge is -2.09. The molecular formula is C14H21NO5. The van der Waals surface area contributed by atoms with E-state index in [1.807, 2.05) is 6.92 Å². The number of ether oxygens (including phenoxy) is 3. The van der Waals surface area contributed by atoms with Crippen molar-refractivity contribution in [3.8, 4) is 5.75 Å². The molecule has 1 rings (SSSR count). The van der Waals surface area contributed by atoms with Crippen molar-refractivity contribution in [2.45, 2.75) is 19.4 Å². The Hall–Kier alpha value is -1.63. The molecule has 0 amide bonds. The van der Waals surface area contributed by atoms with Crippen molar-refractivity contribution in [3.05, 3.63) is 29.8 Å². The van der Waals surface area contributed by atoms with E-state index in [0.717, 1.165) is 5.56 Å². The summed E-state index contributed by atoms with van der Waals surface area (Å²) < 4.78 is 15.7. The maximum Gasteiger partial charge on any atom is 0.320 e. The van der Waals surface area contributed by atoms with Gasteiger partial charge in [0.2, 0.25) is 0 Å². The first-order valence-corrected chi connectivity index (χ1v) is 6.49. The Bertz CT molecular complexity index is 393. The molecule has 6 nitrogen and oxygen atoms in total. The Morgan fingerprint density at radius 3 is 2.55 bits per heavy atom.